The lowest BCUT2D eigenvalue weighted by molar-refractivity contribution is 0.819. The van der Waals surface area contributed by atoms with Gasteiger partial charge in [-0.2, -0.15) is 0 Å². The zero-order valence-corrected chi connectivity index (χ0v) is 7.81. The van der Waals surface area contributed by atoms with Crippen molar-refractivity contribution in [3.05, 3.63) is 26.8 Å². The molecular formula is C7H9BrN2O. The molecule has 0 radical (unpaired) electrons. The van der Waals surface area contributed by atoms with Gasteiger partial charge < -0.3 is 4.98 Å². The fourth-order valence-corrected chi connectivity index (χ4v) is 1.25. The van der Waals surface area contributed by atoms with E-state index in [0.717, 1.165) is 18.7 Å². The van der Waals surface area contributed by atoms with Gasteiger partial charge in [-0.3, -0.25) is 4.79 Å². The fraction of sp³-hybridized carbons (Fsp3) is 0.429. The molecule has 0 amide bonds. The molecule has 1 aromatic heterocycles. The van der Waals surface area contributed by atoms with E-state index in [1.54, 1.807) is 0 Å². The lowest BCUT2D eigenvalue weighted by Gasteiger charge is -1.96. The third-order valence-electron chi connectivity index (χ3n) is 1.25. The summed E-state index contributed by atoms with van der Waals surface area (Å²) in [6.07, 6.45) is 1.80. The maximum Gasteiger partial charge on any atom is 0.251 e. The summed E-state index contributed by atoms with van der Waals surface area (Å²) in [5.41, 5.74) is -0.102. The van der Waals surface area contributed by atoms with Crippen molar-refractivity contribution in [3.8, 4) is 0 Å². The monoisotopic (exact) mass is 216 g/mol. The van der Waals surface area contributed by atoms with Gasteiger partial charge in [0.2, 0.25) is 0 Å². The van der Waals surface area contributed by atoms with Gasteiger partial charge >= 0.3 is 0 Å². The molecule has 0 fully saturated rings. The van der Waals surface area contributed by atoms with Crippen LogP contribution in [0.1, 0.15) is 19.2 Å². The second kappa shape index (κ2) is 3.67. The topological polar surface area (TPSA) is 45.8 Å². The largest absolute Gasteiger partial charge is 0.310 e. The van der Waals surface area contributed by atoms with Crippen molar-refractivity contribution in [2.24, 2.45) is 0 Å². The van der Waals surface area contributed by atoms with E-state index in [1.165, 1.54) is 6.07 Å². The number of nitrogens with one attached hydrogen (secondary N) is 1. The molecular weight excluding hydrogens is 208 g/mol. The number of halogens is 1. The minimum atomic E-state index is -0.102. The number of hydrogen-bond acceptors (Lipinski definition) is 2. The van der Waals surface area contributed by atoms with E-state index in [2.05, 4.69) is 25.9 Å². The highest BCUT2D eigenvalue weighted by Crippen LogP contribution is 2.01. The Balaban J connectivity index is 2.99. The molecule has 0 aliphatic heterocycles. The maximum absolute atomic E-state index is 10.9. The molecule has 1 aromatic rings. The van der Waals surface area contributed by atoms with Gasteiger partial charge in [0.05, 0.1) is 0 Å². The Morgan fingerprint density at radius 1 is 1.73 bits per heavy atom. The van der Waals surface area contributed by atoms with Gasteiger partial charge in [0.25, 0.3) is 5.56 Å². The highest BCUT2D eigenvalue weighted by Gasteiger charge is 1.96. The molecule has 4 heteroatoms. The lowest BCUT2D eigenvalue weighted by Crippen LogP contribution is -2.09. The summed E-state index contributed by atoms with van der Waals surface area (Å²) in [5.74, 6) is 0.742. The van der Waals surface area contributed by atoms with Crippen molar-refractivity contribution in [2.75, 3.05) is 0 Å². The number of aryl methyl sites for hydroxylation is 1. The Bertz CT molecular complexity index is 295. The average molecular weight is 217 g/mol. The van der Waals surface area contributed by atoms with E-state index in [4.69, 9.17) is 0 Å². The van der Waals surface area contributed by atoms with E-state index in [-0.39, 0.29) is 5.56 Å². The maximum atomic E-state index is 10.9. The number of aromatic nitrogens is 2. The van der Waals surface area contributed by atoms with E-state index >= 15 is 0 Å². The van der Waals surface area contributed by atoms with Gasteiger partial charge in [-0.05, 0) is 22.4 Å². The van der Waals surface area contributed by atoms with Crippen LogP contribution < -0.4 is 5.56 Å². The van der Waals surface area contributed by atoms with Crippen LogP contribution in [0.25, 0.3) is 0 Å². The Hall–Kier alpha value is -0.640. The molecule has 0 saturated carbocycles. The van der Waals surface area contributed by atoms with Crippen LogP contribution in [0.5, 0.6) is 0 Å². The number of nitrogens with zero attached hydrogens (tertiary/aromatic N) is 1. The minimum absolute atomic E-state index is 0.102. The third kappa shape index (κ3) is 2.46. The van der Waals surface area contributed by atoms with E-state index in [0.29, 0.717) is 4.60 Å². The summed E-state index contributed by atoms with van der Waals surface area (Å²) in [5, 5.41) is 0. The van der Waals surface area contributed by atoms with Crippen molar-refractivity contribution in [1.82, 2.24) is 9.97 Å². The van der Waals surface area contributed by atoms with Crippen molar-refractivity contribution in [3.63, 3.8) is 0 Å². The first-order valence-electron chi connectivity index (χ1n) is 3.48. The van der Waals surface area contributed by atoms with Gasteiger partial charge in [0.15, 0.2) is 0 Å². The Labute approximate surface area is 73.0 Å². The van der Waals surface area contributed by atoms with Crippen LogP contribution in [0.2, 0.25) is 0 Å². The molecule has 0 bridgehead atoms. The van der Waals surface area contributed by atoms with Crippen LogP contribution in [-0.2, 0) is 6.42 Å². The van der Waals surface area contributed by atoms with Crippen molar-refractivity contribution in [1.29, 1.82) is 0 Å². The summed E-state index contributed by atoms with van der Waals surface area (Å²) in [6.45, 7) is 2.04. The van der Waals surface area contributed by atoms with Gasteiger partial charge in [0, 0.05) is 12.5 Å². The summed E-state index contributed by atoms with van der Waals surface area (Å²) in [6, 6.07) is 1.42. The summed E-state index contributed by atoms with van der Waals surface area (Å²) in [7, 11) is 0. The SMILES string of the molecule is CCCc1nc(Br)cc(=O)[nH]1. The second-order valence-corrected chi connectivity index (χ2v) is 3.08. The van der Waals surface area contributed by atoms with E-state index < -0.39 is 0 Å². The van der Waals surface area contributed by atoms with Crippen molar-refractivity contribution >= 4 is 15.9 Å². The van der Waals surface area contributed by atoms with Crippen LogP contribution in [0, 0.1) is 0 Å². The second-order valence-electron chi connectivity index (χ2n) is 2.26. The smallest absolute Gasteiger partial charge is 0.251 e. The van der Waals surface area contributed by atoms with E-state index in [9.17, 15) is 4.79 Å². The van der Waals surface area contributed by atoms with E-state index in [1.807, 2.05) is 6.92 Å². The molecule has 0 atom stereocenters. The number of rotatable bonds is 2. The zero-order chi connectivity index (χ0) is 8.27. The van der Waals surface area contributed by atoms with Crippen LogP contribution >= 0.6 is 15.9 Å². The van der Waals surface area contributed by atoms with Crippen molar-refractivity contribution < 1.29 is 0 Å². The first kappa shape index (κ1) is 8.46. The molecule has 1 heterocycles. The molecule has 1 rings (SSSR count). The predicted molar refractivity (Wildman–Crippen MR) is 46.6 cm³/mol. The number of aromatic amines is 1. The molecule has 60 valence electrons. The molecule has 1 N–H and O–H groups in total. The Morgan fingerprint density at radius 3 is 3.00 bits per heavy atom. The van der Waals surface area contributed by atoms with Gasteiger partial charge in [-0.15, -0.1) is 0 Å². The lowest BCUT2D eigenvalue weighted by atomic mass is 10.3. The highest BCUT2D eigenvalue weighted by atomic mass is 79.9. The molecule has 0 saturated heterocycles. The first-order chi connectivity index (χ1) is 5.22. The van der Waals surface area contributed by atoms with Crippen LogP contribution in [0.3, 0.4) is 0 Å². The zero-order valence-electron chi connectivity index (χ0n) is 6.22. The third-order valence-corrected chi connectivity index (χ3v) is 1.65. The fourth-order valence-electron chi connectivity index (χ4n) is 0.831. The molecule has 0 unspecified atom stereocenters. The van der Waals surface area contributed by atoms with Crippen molar-refractivity contribution in [2.45, 2.75) is 19.8 Å². The number of H-pyrrole nitrogens is 1. The average Bonchev–Trinajstić information content (AvgIpc) is 1.85. The molecule has 0 aliphatic carbocycles. The molecule has 3 nitrogen and oxygen atoms in total. The summed E-state index contributed by atoms with van der Waals surface area (Å²) >= 11 is 3.15. The summed E-state index contributed by atoms with van der Waals surface area (Å²) in [4.78, 5) is 17.6. The predicted octanol–water partition coefficient (Wildman–Crippen LogP) is 1.48. The van der Waals surface area contributed by atoms with Crippen LogP contribution in [0.15, 0.2) is 15.5 Å². The molecule has 0 aliphatic rings. The molecule has 11 heavy (non-hydrogen) atoms. The normalized spacial score (nSPS) is 10.0. The standard InChI is InChI=1S/C7H9BrN2O/c1-2-3-6-9-5(8)4-7(11)10-6/h4H,2-3H2,1H3,(H,9,10,11). The van der Waals surface area contributed by atoms with Crippen LogP contribution in [-0.4, -0.2) is 9.97 Å². The summed E-state index contributed by atoms with van der Waals surface area (Å²) < 4.78 is 0.602. The molecule has 0 aromatic carbocycles. The van der Waals surface area contributed by atoms with Gasteiger partial charge in [-0.1, -0.05) is 6.92 Å². The minimum Gasteiger partial charge on any atom is -0.310 e. The van der Waals surface area contributed by atoms with Gasteiger partial charge in [-0.25, -0.2) is 4.98 Å². The number of hydrogen-bond donors (Lipinski definition) is 1. The Kier molecular flexibility index (Phi) is 2.82. The Morgan fingerprint density at radius 2 is 2.45 bits per heavy atom. The highest BCUT2D eigenvalue weighted by molar-refractivity contribution is 9.10. The quantitative estimate of drug-likeness (QED) is 0.762. The van der Waals surface area contributed by atoms with Gasteiger partial charge in [0.1, 0.15) is 10.4 Å². The van der Waals surface area contributed by atoms with Crippen LogP contribution in [0.4, 0.5) is 0 Å². The molecule has 0 spiro atoms. The first-order valence-corrected chi connectivity index (χ1v) is 4.27.